The van der Waals surface area contributed by atoms with Crippen molar-refractivity contribution in [1.29, 1.82) is 0 Å². The van der Waals surface area contributed by atoms with Gasteiger partial charge in [0.25, 0.3) is 5.91 Å². The number of hydrogen-bond acceptors (Lipinski definition) is 3. The van der Waals surface area contributed by atoms with Crippen LogP contribution < -0.4 is 10.6 Å². The van der Waals surface area contributed by atoms with Gasteiger partial charge in [0.1, 0.15) is 11.5 Å². The van der Waals surface area contributed by atoms with Crippen molar-refractivity contribution in [3.63, 3.8) is 0 Å². The van der Waals surface area contributed by atoms with Crippen LogP contribution in [0.2, 0.25) is 0 Å². The van der Waals surface area contributed by atoms with E-state index in [0.717, 1.165) is 12.1 Å². The van der Waals surface area contributed by atoms with Crippen molar-refractivity contribution in [1.82, 2.24) is 4.98 Å². The van der Waals surface area contributed by atoms with E-state index in [2.05, 4.69) is 18.0 Å². The smallest absolute Gasteiger partial charge is 0.276 e. The van der Waals surface area contributed by atoms with Crippen LogP contribution in [0.5, 0.6) is 0 Å². The number of hydrogen-bond donors (Lipinski definition) is 1. The lowest BCUT2D eigenvalue weighted by Crippen LogP contribution is -2.39. The lowest BCUT2D eigenvalue weighted by Gasteiger charge is -2.33. The van der Waals surface area contributed by atoms with Crippen LogP contribution in [0.15, 0.2) is 42.5 Å². The zero-order valence-electron chi connectivity index (χ0n) is 11.8. The lowest BCUT2D eigenvalue weighted by molar-refractivity contribution is 0.0976. The first-order chi connectivity index (χ1) is 9.65. The Labute approximate surface area is 130 Å². The molecule has 0 saturated carbocycles. The van der Waals surface area contributed by atoms with Gasteiger partial charge in [-0.05, 0) is 36.1 Å². The highest BCUT2D eigenvalue weighted by atomic mass is 35.5. The van der Waals surface area contributed by atoms with Crippen LogP contribution in [0.1, 0.15) is 23.0 Å². The number of carbonyl (C=O) groups is 1. The van der Waals surface area contributed by atoms with Gasteiger partial charge in [-0.1, -0.05) is 31.2 Å². The first-order valence-electron chi connectivity index (χ1n) is 6.77. The summed E-state index contributed by atoms with van der Waals surface area (Å²) in [4.78, 5) is 18.6. The zero-order valence-corrected chi connectivity index (χ0v) is 12.6. The fourth-order valence-corrected chi connectivity index (χ4v) is 2.70. The number of anilines is 2. The second-order valence-electron chi connectivity index (χ2n) is 5.30. The van der Waals surface area contributed by atoms with Gasteiger partial charge in [0.2, 0.25) is 0 Å². The molecule has 0 bridgehead atoms. The molecule has 0 fully saturated rings. The third-order valence-corrected chi connectivity index (χ3v) is 3.58. The number of nitrogens with two attached hydrogens (primary N) is 1. The van der Waals surface area contributed by atoms with E-state index in [0.29, 0.717) is 24.0 Å². The van der Waals surface area contributed by atoms with Crippen LogP contribution in [0, 0.1) is 5.92 Å². The summed E-state index contributed by atoms with van der Waals surface area (Å²) < 4.78 is 0. The number of fused-ring (bicyclic) bond motifs is 1. The van der Waals surface area contributed by atoms with Crippen molar-refractivity contribution < 1.29 is 4.79 Å². The van der Waals surface area contributed by atoms with Crippen molar-refractivity contribution in [2.75, 3.05) is 17.2 Å². The van der Waals surface area contributed by atoms with Crippen LogP contribution in [0.3, 0.4) is 0 Å². The number of nitrogens with zero attached hydrogens (tertiary/aromatic N) is 2. The molecule has 3 rings (SSSR count). The second kappa shape index (κ2) is 6.14. The minimum atomic E-state index is -0.0868. The predicted octanol–water partition coefficient (Wildman–Crippen LogP) is 2.92. The molecular weight excluding hydrogens is 286 g/mol. The molecule has 1 unspecified atom stereocenters. The highest BCUT2D eigenvalue weighted by molar-refractivity contribution is 6.05. The number of para-hydroxylation sites is 1. The fraction of sp³-hybridized carbons (Fsp3) is 0.250. The maximum atomic E-state index is 12.7. The highest BCUT2D eigenvalue weighted by Crippen LogP contribution is 2.30. The van der Waals surface area contributed by atoms with Gasteiger partial charge in [0, 0.05) is 12.2 Å². The van der Waals surface area contributed by atoms with E-state index in [1.165, 1.54) is 5.56 Å². The van der Waals surface area contributed by atoms with Crippen LogP contribution in [0.4, 0.5) is 11.5 Å². The van der Waals surface area contributed by atoms with Crippen molar-refractivity contribution in [3.05, 3.63) is 53.7 Å². The molecule has 110 valence electrons. The molecule has 2 heterocycles. The van der Waals surface area contributed by atoms with E-state index in [1.807, 2.05) is 23.1 Å². The third kappa shape index (κ3) is 3.00. The van der Waals surface area contributed by atoms with E-state index >= 15 is 0 Å². The summed E-state index contributed by atoms with van der Waals surface area (Å²) in [5.41, 5.74) is 8.26. The molecule has 0 spiro atoms. The van der Waals surface area contributed by atoms with E-state index < -0.39 is 0 Å². The molecule has 1 aromatic heterocycles. The highest BCUT2D eigenvalue weighted by Gasteiger charge is 2.27. The topological polar surface area (TPSA) is 59.2 Å². The summed E-state index contributed by atoms with van der Waals surface area (Å²) in [6.45, 7) is 2.87. The molecule has 1 atom stereocenters. The Kier molecular flexibility index (Phi) is 4.48. The van der Waals surface area contributed by atoms with Gasteiger partial charge in [0.15, 0.2) is 0 Å². The Bertz CT molecular complexity index is 659. The van der Waals surface area contributed by atoms with Crippen molar-refractivity contribution in [2.45, 2.75) is 13.3 Å². The largest absolute Gasteiger partial charge is 0.384 e. The Morgan fingerprint density at radius 2 is 2.00 bits per heavy atom. The Morgan fingerprint density at radius 1 is 1.24 bits per heavy atom. The predicted molar refractivity (Wildman–Crippen MR) is 86.9 cm³/mol. The van der Waals surface area contributed by atoms with Gasteiger partial charge in [-0.2, -0.15) is 0 Å². The van der Waals surface area contributed by atoms with E-state index in [-0.39, 0.29) is 18.3 Å². The molecule has 0 saturated heterocycles. The maximum absolute atomic E-state index is 12.7. The van der Waals surface area contributed by atoms with Gasteiger partial charge in [-0.25, -0.2) is 4.98 Å². The fourth-order valence-electron chi connectivity index (χ4n) is 2.70. The van der Waals surface area contributed by atoms with Crippen LogP contribution in [-0.4, -0.2) is 17.4 Å². The molecule has 1 amide bonds. The second-order valence-corrected chi connectivity index (χ2v) is 5.30. The summed E-state index contributed by atoms with van der Waals surface area (Å²) in [5.74, 6) is 0.723. The molecule has 4 nitrogen and oxygen atoms in total. The SMILES string of the molecule is CC1Cc2ccccc2N(C(=O)c2cccc(N)n2)C1.Cl. The van der Waals surface area contributed by atoms with Crippen LogP contribution in [0.25, 0.3) is 0 Å². The number of aromatic nitrogens is 1. The van der Waals surface area contributed by atoms with Gasteiger partial charge < -0.3 is 10.6 Å². The molecule has 2 N–H and O–H groups in total. The van der Waals surface area contributed by atoms with Crippen molar-refractivity contribution >= 4 is 29.8 Å². The molecule has 1 aliphatic rings. The zero-order chi connectivity index (χ0) is 14.1. The standard InChI is InChI=1S/C16H17N3O.ClH/c1-11-9-12-5-2-3-7-14(12)19(10-11)16(20)13-6-4-8-15(17)18-13;/h2-8,11H,9-10H2,1H3,(H2,17,18);1H. The number of rotatable bonds is 1. The first-order valence-corrected chi connectivity index (χ1v) is 6.77. The van der Waals surface area contributed by atoms with Crippen LogP contribution in [-0.2, 0) is 6.42 Å². The van der Waals surface area contributed by atoms with Crippen molar-refractivity contribution in [2.24, 2.45) is 5.92 Å². The van der Waals surface area contributed by atoms with Gasteiger partial charge >= 0.3 is 0 Å². The average molecular weight is 304 g/mol. The maximum Gasteiger partial charge on any atom is 0.276 e. The number of carbonyl (C=O) groups excluding carboxylic acids is 1. The summed E-state index contributed by atoms with van der Waals surface area (Å²) >= 11 is 0. The molecule has 1 aliphatic heterocycles. The molecule has 1 aromatic carbocycles. The molecule has 2 aromatic rings. The number of pyridine rings is 1. The lowest BCUT2D eigenvalue weighted by atomic mass is 9.93. The van der Waals surface area contributed by atoms with E-state index in [1.54, 1.807) is 18.2 Å². The number of benzene rings is 1. The monoisotopic (exact) mass is 303 g/mol. The molecule has 5 heteroatoms. The van der Waals surface area contributed by atoms with Gasteiger partial charge in [-0.15, -0.1) is 12.4 Å². The normalized spacial score (nSPS) is 16.8. The number of nitrogen functional groups attached to an aromatic ring is 1. The van der Waals surface area contributed by atoms with Gasteiger partial charge in [0.05, 0.1) is 0 Å². The first kappa shape index (κ1) is 15.3. The van der Waals surface area contributed by atoms with Crippen LogP contribution >= 0.6 is 12.4 Å². The number of amides is 1. The Morgan fingerprint density at radius 3 is 2.76 bits per heavy atom. The third-order valence-electron chi connectivity index (χ3n) is 3.58. The Balaban J connectivity index is 0.00000161. The molecule has 21 heavy (non-hydrogen) atoms. The summed E-state index contributed by atoms with van der Waals surface area (Å²) in [5, 5.41) is 0. The minimum Gasteiger partial charge on any atom is -0.384 e. The van der Waals surface area contributed by atoms with E-state index in [9.17, 15) is 4.79 Å². The summed E-state index contributed by atoms with van der Waals surface area (Å²) in [6.07, 6.45) is 1.00. The minimum absolute atomic E-state index is 0. The number of halogens is 1. The van der Waals surface area contributed by atoms with E-state index in [4.69, 9.17) is 5.73 Å². The molecular formula is C16H18ClN3O. The van der Waals surface area contributed by atoms with Gasteiger partial charge in [-0.3, -0.25) is 4.79 Å². The summed E-state index contributed by atoms with van der Waals surface area (Å²) in [7, 11) is 0. The molecule has 0 aliphatic carbocycles. The van der Waals surface area contributed by atoms with Crippen molar-refractivity contribution in [3.8, 4) is 0 Å². The summed E-state index contributed by atoms with van der Waals surface area (Å²) in [6, 6.07) is 13.2. The Hall–Kier alpha value is -2.07. The molecule has 0 radical (unpaired) electrons. The quantitative estimate of drug-likeness (QED) is 0.881. The average Bonchev–Trinajstić information content (AvgIpc) is 2.45.